The first-order chi connectivity index (χ1) is 18.3. The van der Waals surface area contributed by atoms with Crippen molar-refractivity contribution < 1.29 is 13.2 Å². The maximum Gasteiger partial charge on any atom is 0.417 e. The second-order valence-corrected chi connectivity index (χ2v) is 10.4. The zero-order valence-electron chi connectivity index (χ0n) is 21.3. The molecule has 0 aliphatic rings. The number of nitrogens with zero attached hydrogens (tertiary/aromatic N) is 4. The molecule has 1 aromatic carbocycles. The zero-order chi connectivity index (χ0) is 28.4. The third-order valence-corrected chi connectivity index (χ3v) is 5.79. The summed E-state index contributed by atoms with van der Waals surface area (Å²) in [5.74, 6) is 2.02. The fraction of sp³-hybridized carbons (Fsp3) is 0.240. The van der Waals surface area contributed by atoms with Gasteiger partial charge in [-0.1, -0.05) is 32.4 Å². The number of anilines is 6. The lowest BCUT2D eigenvalue weighted by atomic mass is 9.92. The number of hydrogen-bond acceptors (Lipinski definition) is 7. The van der Waals surface area contributed by atoms with E-state index in [1.807, 2.05) is 13.0 Å². The summed E-state index contributed by atoms with van der Waals surface area (Å²) in [5, 5.41) is 18.8. The highest BCUT2D eigenvalue weighted by Crippen LogP contribution is 2.36. The second-order valence-electron chi connectivity index (χ2n) is 9.59. The maximum atomic E-state index is 13.1. The summed E-state index contributed by atoms with van der Waals surface area (Å²) in [6, 6.07) is 10.5. The Labute approximate surface area is 233 Å². The molecule has 3 heterocycles. The number of aryl methyl sites for hydroxylation is 1. The number of nitrogens with one attached hydrogen (secondary N) is 5. The smallest absolute Gasteiger partial charge is 0.332 e. The fourth-order valence-corrected chi connectivity index (χ4v) is 3.81. The van der Waals surface area contributed by atoms with Crippen LogP contribution in [0.1, 0.15) is 37.7 Å². The molecule has 9 nitrogen and oxygen atoms in total. The number of halogens is 4. The van der Waals surface area contributed by atoms with Crippen LogP contribution in [-0.2, 0) is 11.6 Å². The Morgan fingerprint density at radius 2 is 1.67 bits per heavy atom. The van der Waals surface area contributed by atoms with E-state index < -0.39 is 16.8 Å². The number of thiocarbonyl (C=S) groups is 1. The topological polar surface area (TPSA) is 115 Å². The van der Waals surface area contributed by atoms with Gasteiger partial charge in [0.15, 0.2) is 5.11 Å². The summed E-state index contributed by atoms with van der Waals surface area (Å²) in [4.78, 5) is 13.2. The molecular weight excluding hydrogens is 551 g/mol. The van der Waals surface area contributed by atoms with Gasteiger partial charge in [0.1, 0.15) is 17.5 Å². The van der Waals surface area contributed by atoms with E-state index in [4.69, 9.17) is 23.8 Å². The van der Waals surface area contributed by atoms with E-state index in [1.54, 1.807) is 18.2 Å². The molecule has 0 unspecified atom stereocenters. The average Bonchev–Trinajstić information content (AvgIpc) is 3.30. The van der Waals surface area contributed by atoms with Crippen LogP contribution in [0.2, 0.25) is 5.02 Å². The Kier molecular flexibility index (Phi) is 7.93. The van der Waals surface area contributed by atoms with Crippen molar-refractivity contribution in [2.45, 2.75) is 39.3 Å². The van der Waals surface area contributed by atoms with E-state index >= 15 is 0 Å². The minimum atomic E-state index is -4.58. The number of alkyl halides is 3. The van der Waals surface area contributed by atoms with Crippen molar-refractivity contribution in [2.75, 3.05) is 21.3 Å². The third kappa shape index (κ3) is 7.54. The number of pyridine rings is 1. The summed E-state index contributed by atoms with van der Waals surface area (Å²) in [6.45, 7) is 8.09. The summed E-state index contributed by atoms with van der Waals surface area (Å²) >= 11 is 10.9. The molecule has 39 heavy (non-hydrogen) atoms. The SMILES string of the molecule is Cc1cc(Nc2cc(C(C)(C)C)n[nH]2)nc(Nc2ccc(NC(=S)Nc3ccc(Cl)c(C(F)(F)F)c3)nc2)n1. The first-order valence-corrected chi connectivity index (χ1v) is 12.4. The van der Waals surface area contributed by atoms with Crippen LogP contribution in [0.4, 0.5) is 47.9 Å². The van der Waals surface area contributed by atoms with Crippen molar-refractivity contribution in [1.82, 2.24) is 25.1 Å². The lowest BCUT2D eigenvalue weighted by molar-refractivity contribution is -0.137. The van der Waals surface area contributed by atoms with Gasteiger partial charge in [0.05, 0.1) is 28.2 Å². The van der Waals surface area contributed by atoms with Crippen LogP contribution < -0.4 is 21.3 Å². The molecule has 0 amide bonds. The molecule has 204 valence electrons. The molecule has 0 fully saturated rings. The summed E-state index contributed by atoms with van der Waals surface area (Å²) in [7, 11) is 0. The van der Waals surface area contributed by atoms with Gasteiger partial charge in [-0.25, -0.2) is 9.97 Å². The van der Waals surface area contributed by atoms with Gasteiger partial charge in [-0.2, -0.15) is 23.3 Å². The minimum absolute atomic E-state index is 0.0600. The highest BCUT2D eigenvalue weighted by Gasteiger charge is 2.33. The molecule has 4 aromatic rings. The lowest BCUT2D eigenvalue weighted by Gasteiger charge is -2.14. The van der Waals surface area contributed by atoms with Crippen LogP contribution in [0.5, 0.6) is 0 Å². The Hall–Kier alpha value is -3.97. The van der Waals surface area contributed by atoms with E-state index in [9.17, 15) is 13.2 Å². The predicted molar refractivity (Wildman–Crippen MR) is 151 cm³/mol. The van der Waals surface area contributed by atoms with E-state index in [1.165, 1.54) is 12.3 Å². The van der Waals surface area contributed by atoms with Gasteiger partial charge in [0.25, 0.3) is 0 Å². The van der Waals surface area contributed by atoms with Crippen molar-refractivity contribution in [2.24, 2.45) is 0 Å². The third-order valence-electron chi connectivity index (χ3n) is 5.25. The summed E-state index contributed by atoms with van der Waals surface area (Å²) in [6.07, 6.45) is -3.04. The Balaban J connectivity index is 1.38. The number of rotatable bonds is 6. The van der Waals surface area contributed by atoms with Gasteiger partial charge in [0.2, 0.25) is 5.95 Å². The van der Waals surface area contributed by atoms with Gasteiger partial charge in [-0.15, -0.1) is 0 Å². The Morgan fingerprint density at radius 3 is 2.31 bits per heavy atom. The number of benzene rings is 1. The lowest BCUT2D eigenvalue weighted by Crippen LogP contribution is -2.20. The maximum absolute atomic E-state index is 13.1. The van der Waals surface area contributed by atoms with Crippen LogP contribution in [-0.4, -0.2) is 30.3 Å². The molecule has 0 spiro atoms. The van der Waals surface area contributed by atoms with Gasteiger partial charge in [0, 0.05) is 28.9 Å². The normalized spacial score (nSPS) is 11.7. The standard InChI is InChI=1S/C25H25ClF3N9S/c1-13-9-20(34-21-11-18(37-38-21)24(2,3)4)35-22(31-13)32-15-6-8-19(30-12-15)36-23(39)33-14-5-7-17(26)16(10-14)25(27,28)29/h5-12H,1-4H3,(H2,30,33,36,39)(H3,31,32,34,35,37,38). The molecule has 0 saturated heterocycles. The monoisotopic (exact) mass is 575 g/mol. The predicted octanol–water partition coefficient (Wildman–Crippen LogP) is 7.17. The largest absolute Gasteiger partial charge is 0.417 e. The van der Waals surface area contributed by atoms with E-state index in [2.05, 4.69) is 67.2 Å². The first-order valence-electron chi connectivity index (χ1n) is 11.6. The number of H-pyrrole nitrogens is 1. The van der Waals surface area contributed by atoms with Crippen molar-refractivity contribution >= 4 is 63.7 Å². The molecule has 5 N–H and O–H groups in total. The van der Waals surface area contributed by atoms with Crippen molar-refractivity contribution in [1.29, 1.82) is 0 Å². The minimum Gasteiger partial charge on any atom is -0.332 e. The highest BCUT2D eigenvalue weighted by atomic mass is 35.5. The molecule has 14 heteroatoms. The van der Waals surface area contributed by atoms with Crippen LogP contribution in [0, 0.1) is 6.92 Å². The number of hydrogen-bond donors (Lipinski definition) is 5. The van der Waals surface area contributed by atoms with E-state index in [-0.39, 0.29) is 16.2 Å². The Morgan fingerprint density at radius 1 is 0.923 bits per heavy atom. The van der Waals surface area contributed by atoms with Gasteiger partial charge in [-0.3, -0.25) is 5.10 Å². The molecule has 0 radical (unpaired) electrons. The van der Waals surface area contributed by atoms with Crippen molar-refractivity contribution in [3.8, 4) is 0 Å². The molecule has 4 rings (SSSR count). The quantitative estimate of drug-likeness (QED) is 0.153. The zero-order valence-corrected chi connectivity index (χ0v) is 22.9. The molecule has 0 aliphatic heterocycles. The Bertz CT molecular complexity index is 1480. The molecule has 0 saturated carbocycles. The van der Waals surface area contributed by atoms with Crippen LogP contribution >= 0.6 is 23.8 Å². The van der Waals surface area contributed by atoms with Crippen LogP contribution in [0.3, 0.4) is 0 Å². The summed E-state index contributed by atoms with van der Waals surface area (Å²) < 4.78 is 39.3. The van der Waals surface area contributed by atoms with Gasteiger partial charge >= 0.3 is 6.18 Å². The van der Waals surface area contributed by atoms with Crippen molar-refractivity contribution in [3.05, 3.63) is 70.6 Å². The second kappa shape index (κ2) is 11.0. The highest BCUT2D eigenvalue weighted by molar-refractivity contribution is 7.80. The van der Waals surface area contributed by atoms with Gasteiger partial charge < -0.3 is 21.3 Å². The number of aromatic nitrogens is 5. The molecule has 0 aliphatic carbocycles. The van der Waals surface area contributed by atoms with E-state index in [0.717, 1.165) is 23.5 Å². The molecule has 3 aromatic heterocycles. The molecule has 0 bridgehead atoms. The summed E-state index contributed by atoms with van der Waals surface area (Å²) in [5.41, 5.74) is 1.35. The average molecular weight is 576 g/mol. The number of aromatic amines is 1. The van der Waals surface area contributed by atoms with Crippen LogP contribution in [0.25, 0.3) is 0 Å². The van der Waals surface area contributed by atoms with E-state index in [0.29, 0.717) is 29.1 Å². The fourth-order valence-electron chi connectivity index (χ4n) is 3.37. The van der Waals surface area contributed by atoms with Gasteiger partial charge in [-0.05, 0) is 49.5 Å². The molecule has 0 atom stereocenters. The van der Waals surface area contributed by atoms with Crippen LogP contribution in [0.15, 0.2) is 48.7 Å². The van der Waals surface area contributed by atoms with Crippen molar-refractivity contribution in [3.63, 3.8) is 0 Å². The molecular formula is C25H25ClF3N9S. The first kappa shape index (κ1) is 28.0.